The zero-order chi connectivity index (χ0) is 14.1. The molecule has 3 heteroatoms. The highest BCUT2D eigenvalue weighted by Gasteiger charge is 2.19. The lowest BCUT2D eigenvalue weighted by atomic mass is 10.0. The third kappa shape index (κ3) is 7.34. The molecule has 0 aromatic rings. The van der Waals surface area contributed by atoms with Gasteiger partial charge >= 0.3 is 0 Å². The number of nitrogens with zero attached hydrogens (tertiary/aromatic N) is 2. The molecule has 2 unspecified atom stereocenters. The largest absolute Gasteiger partial charge is 0.312 e. The van der Waals surface area contributed by atoms with Crippen molar-refractivity contribution in [3.05, 3.63) is 0 Å². The van der Waals surface area contributed by atoms with Crippen molar-refractivity contribution in [3.63, 3.8) is 0 Å². The van der Waals surface area contributed by atoms with Crippen LogP contribution in [0.5, 0.6) is 0 Å². The Bertz CT molecular complexity index is 192. The summed E-state index contributed by atoms with van der Waals surface area (Å²) in [5.74, 6) is 0.692. The molecule has 0 aliphatic heterocycles. The van der Waals surface area contributed by atoms with E-state index in [1.807, 2.05) is 0 Å². The Morgan fingerprint density at radius 3 is 2.00 bits per heavy atom. The van der Waals surface area contributed by atoms with E-state index in [4.69, 9.17) is 0 Å². The molecular weight excluding hydrogens is 222 g/mol. The predicted octanol–water partition coefficient (Wildman–Crippen LogP) is 2.28. The van der Waals surface area contributed by atoms with Crippen molar-refractivity contribution >= 4 is 0 Å². The lowest BCUT2D eigenvalue weighted by molar-refractivity contribution is 0.153. The Labute approximate surface area is 115 Å². The quantitative estimate of drug-likeness (QED) is 0.648. The van der Waals surface area contributed by atoms with Gasteiger partial charge in [-0.3, -0.25) is 4.90 Å². The summed E-state index contributed by atoms with van der Waals surface area (Å²) in [4.78, 5) is 4.87. The molecule has 0 fully saturated rings. The molecule has 3 nitrogen and oxygen atoms in total. The Kier molecular flexibility index (Phi) is 9.70. The molecule has 0 radical (unpaired) electrons. The summed E-state index contributed by atoms with van der Waals surface area (Å²) in [5, 5.41) is 3.69. The third-order valence-electron chi connectivity index (χ3n) is 3.55. The fourth-order valence-electron chi connectivity index (χ4n) is 2.36. The summed E-state index contributed by atoms with van der Waals surface area (Å²) in [6, 6.07) is 1.23. The Morgan fingerprint density at radius 2 is 1.61 bits per heavy atom. The third-order valence-corrected chi connectivity index (χ3v) is 3.55. The second kappa shape index (κ2) is 9.76. The summed E-state index contributed by atoms with van der Waals surface area (Å²) in [6.45, 7) is 16.0. The van der Waals surface area contributed by atoms with Crippen LogP contribution in [-0.4, -0.2) is 62.2 Å². The fraction of sp³-hybridized carbons (Fsp3) is 1.00. The van der Waals surface area contributed by atoms with Crippen LogP contribution in [0.2, 0.25) is 0 Å². The smallest absolute Gasteiger partial charge is 0.0218 e. The molecule has 0 spiro atoms. The molecule has 0 aromatic heterocycles. The van der Waals surface area contributed by atoms with Gasteiger partial charge in [0.25, 0.3) is 0 Å². The van der Waals surface area contributed by atoms with Gasteiger partial charge in [0, 0.05) is 25.2 Å². The van der Waals surface area contributed by atoms with Crippen LogP contribution < -0.4 is 5.32 Å². The maximum absolute atomic E-state index is 3.69. The first-order valence-electron chi connectivity index (χ1n) is 7.54. The summed E-state index contributed by atoms with van der Waals surface area (Å²) in [7, 11) is 4.30. The van der Waals surface area contributed by atoms with Crippen LogP contribution >= 0.6 is 0 Å². The van der Waals surface area contributed by atoms with Crippen LogP contribution in [0.25, 0.3) is 0 Å². The fourth-order valence-corrected chi connectivity index (χ4v) is 2.36. The zero-order valence-electron chi connectivity index (χ0n) is 13.7. The predicted molar refractivity (Wildman–Crippen MR) is 82.2 cm³/mol. The molecule has 0 heterocycles. The van der Waals surface area contributed by atoms with Crippen molar-refractivity contribution in [2.75, 3.05) is 40.3 Å². The van der Waals surface area contributed by atoms with E-state index in [0.717, 1.165) is 26.2 Å². The molecule has 0 rings (SSSR count). The van der Waals surface area contributed by atoms with Crippen molar-refractivity contribution in [1.82, 2.24) is 15.1 Å². The minimum Gasteiger partial charge on any atom is -0.312 e. The summed E-state index contributed by atoms with van der Waals surface area (Å²) in [5.41, 5.74) is 0. The number of hydrogen-bond donors (Lipinski definition) is 1. The van der Waals surface area contributed by atoms with Crippen molar-refractivity contribution in [2.45, 2.75) is 53.1 Å². The highest BCUT2D eigenvalue weighted by molar-refractivity contribution is 4.78. The lowest BCUT2D eigenvalue weighted by Gasteiger charge is -2.35. The monoisotopic (exact) mass is 257 g/mol. The molecule has 1 N–H and O–H groups in total. The number of rotatable bonds is 10. The van der Waals surface area contributed by atoms with Crippen LogP contribution in [-0.2, 0) is 0 Å². The van der Waals surface area contributed by atoms with Crippen LogP contribution in [0.3, 0.4) is 0 Å². The van der Waals surface area contributed by atoms with E-state index in [9.17, 15) is 0 Å². The highest BCUT2D eigenvalue weighted by atomic mass is 15.2. The molecule has 0 saturated carbocycles. The minimum absolute atomic E-state index is 0.606. The molecule has 0 aliphatic rings. The Balaban J connectivity index is 4.35. The highest BCUT2D eigenvalue weighted by Crippen LogP contribution is 2.08. The molecule has 2 atom stereocenters. The number of likely N-dealkylation sites (N-methyl/N-ethyl adjacent to an activating group) is 2. The topological polar surface area (TPSA) is 18.5 Å². The first-order valence-corrected chi connectivity index (χ1v) is 7.54. The van der Waals surface area contributed by atoms with Gasteiger partial charge in [-0.05, 0) is 46.4 Å². The number of hydrogen-bond acceptors (Lipinski definition) is 3. The van der Waals surface area contributed by atoms with Gasteiger partial charge in [-0.25, -0.2) is 0 Å². The van der Waals surface area contributed by atoms with E-state index < -0.39 is 0 Å². The van der Waals surface area contributed by atoms with Gasteiger partial charge in [0.05, 0.1) is 0 Å². The molecule has 0 saturated heterocycles. The van der Waals surface area contributed by atoms with E-state index in [-0.39, 0.29) is 0 Å². The van der Waals surface area contributed by atoms with Gasteiger partial charge in [-0.2, -0.15) is 0 Å². The van der Waals surface area contributed by atoms with Crippen LogP contribution in [0.4, 0.5) is 0 Å². The van der Waals surface area contributed by atoms with Crippen LogP contribution in [0, 0.1) is 5.92 Å². The normalized spacial score (nSPS) is 15.7. The Morgan fingerprint density at radius 1 is 1.00 bits per heavy atom. The van der Waals surface area contributed by atoms with E-state index in [2.05, 4.69) is 63.8 Å². The SMILES string of the molecule is CCCNC(CN(CC)C(C)CN(C)C)C(C)C. The van der Waals surface area contributed by atoms with Crippen molar-refractivity contribution < 1.29 is 0 Å². The Hall–Kier alpha value is -0.120. The zero-order valence-corrected chi connectivity index (χ0v) is 13.7. The average Bonchev–Trinajstić information content (AvgIpc) is 2.27. The minimum atomic E-state index is 0.606. The van der Waals surface area contributed by atoms with Gasteiger partial charge in [0.1, 0.15) is 0 Å². The standard InChI is InChI=1S/C15H35N3/c1-8-10-16-15(13(3)4)12-18(9-2)14(5)11-17(6)7/h13-16H,8-12H2,1-7H3. The summed E-state index contributed by atoms with van der Waals surface area (Å²) >= 11 is 0. The maximum atomic E-state index is 3.69. The van der Waals surface area contributed by atoms with Crippen molar-refractivity contribution in [1.29, 1.82) is 0 Å². The second-order valence-corrected chi connectivity index (χ2v) is 6.00. The summed E-state index contributed by atoms with van der Waals surface area (Å²) < 4.78 is 0. The van der Waals surface area contributed by atoms with Gasteiger partial charge in [-0.1, -0.05) is 27.7 Å². The first-order chi connectivity index (χ1) is 8.42. The van der Waals surface area contributed by atoms with E-state index in [1.54, 1.807) is 0 Å². The average molecular weight is 257 g/mol. The molecule has 0 aromatic carbocycles. The molecule has 18 heavy (non-hydrogen) atoms. The van der Waals surface area contributed by atoms with Crippen molar-refractivity contribution in [3.8, 4) is 0 Å². The van der Waals surface area contributed by atoms with Crippen molar-refractivity contribution in [2.24, 2.45) is 5.92 Å². The maximum Gasteiger partial charge on any atom is 0.0218 e. The molecule has 0 bridgehead atoms. The van der Waals surface area contributed by atoms with E-state index in [0.29, 0.717) is 18.0 Å². The lowest BCUT2D eigenvalue weighted by Crippen LogP contribution is -2.49. The van der Waals surface area contributed by atoms with Gasteiger partial charge in [-0.15, -0.1) is 0 Å². The van der Waals surface area contributed by atoms with E-state index in [1.165, 1.54) is 6.42 Å². The van der Waals surface area contributed by atoms with Gasteiger partial charge in [0.2, 0.25) is 0 Å². The van der Waals surface area contributed by atoms with E-state index >= 15 is 0 Å². The molecule has 0 aliphatic carbocycles. The van der Waals surface area contributed by atoms with Crippen LogP contribution in [0.15, 0.2) is 0 Å². The molecule has 0 amide bonds. The summed E-state index contributed by atoms with van der Waals surface area (Å²) in [6.07, 6.45) is 1.21. The van der Waals surface area contributed by atoms with Gasteiger partial charge in [0.15, 0.2) is 0 Å². The second-order valence-electron chi connectivity index (χ2n) is 6.00. The van der Waals surface area contributed by atoms with Crippen LogP contribution in [0.1, 0.15) is 41.0 Å². The molecular formula is C15H35N3. The number of nitrogens with one attached hydrogen (secondary N) is 1. The molecule has 110 valence electrons. The first kappa shape index (κ1) is 17.9. The van der Waals surface area contributed by atoms with Gasteiger partial charge < -0.3 is 10.2 Å².